The largest absolute Gasteiger partial charge is 0.484 e. The first kappa shape index (κ1) is 28.0. The highest BCUT2D eigenvalue weighted by molar-refractivity contribution is 14.0. The Bertz CT molecular complexity index is 856. The minimum Gasteiger partial charge on any atom is -0.484 e. The van der Waals surface area contributed by atoms with Gasteiger partial charge in [0.25, 0.3) is 0 Å². The van der Waals surface area contributed by atoms with Gasteiger partial charge in [0, 0.05) is 31.0 Å². The minimum absolute atomic E-state index is 0. The number of aliphatic imine (C=N–C) groups is 1. The topological polar surface area (TPSA) is 84.6 Å². The number of rotatable bonds is 10. The number of hydrogen-bond donors (Lipinski definition) is 2. The molecule has 0 aliphatic rings. The summed E-state index contributed by atoms with van der Waals surface area (Å²) in [6.07, 6.45) is -3.00. The van der Waals surface area contributed by atoms with Crippen molar-refractivity contribution in [1.29, 1.82) is 0 Å². The first-order chi connectivity index (χ1) is 14.7. The third kappa shape index (κ3) is 10.0. The smallest absolute Gasteiger partial charge is 0.422 e. The van der Waals surface area contributed by atoms with E-state index in [1.165, 1.54) is 0 Å². The van der Waals surface area contributed by atoms with Gasteiger partial charge in [-0.15, -0.1) is 24.0 Å². The number of halogens is 4. The molecule has 0 atom stereocenters. The lowest BCUT2D eigenvalue weighted by Crippen LogP contribution is -2.37. The molecule has 0 unspecified atom stereocenters. The first-order valence-corrected chi connectivity index (χ1v) is 10.3. The Hall–Kier alpha value is -2.05. The summed E-state index contributed by atoms with van der Waals surface area (Å²) in [5.41, 5.74) is 1.40. The Balaban J connectivity index is 0.00000512. The van der Waals surface area contributed by atoms with Gasteiger partial charge in [-0.1, -0.05) is 31.1 Å². The number of aryl methyl sites for hydroxylation is 2. The Morgan fingerprint density at radius 2 is 2.00 bits per heavy atom. The molecule has 0 amide bonds. The monoisotopic (exact) mass is 569 g/mol. The van der Waals surface area contributed by atoms with Crippen molar-refractivity contribution in [2.24, 2.45) is 4.99 Å². The second kappa shape index (κ2) is 13.5. The van der Waals surface area contributed by atoms with Crippen molar-refractivity contribution >= 4 is 29.9 Å². The first-order valence-electron chi connectivity index (χ1n) is 10.3. The van der Waals surface area contributed by atoms with E-state index in [0.717, 1.165) is 12.0 Å². The van der Waals surface area contributed by atoms with Crippen molar-refractivity contribution in [3.05, 3.63) is 41.0 Å². The minimum atomic E-state index is -4.39. The van der Waals surface area contributed by atoms with Crippen LogP contribution in [0.3, 0.4) is 0 Å². The number of benzene rings is 1. The average molecular weight is 569 g/mol. The number of aromatic nitrogens is 2. The van der Waals surface area contributed by atoms with Crippen molar-refractivity contribution in [3.63, 3.8) is 0 Å². The summed E-state index contributed by atoms with van der Waals surface area (Å²) in [5.74, 6) is 2.26. The van der Waals surface area contributed by atoms with Crippen molar-refractivity contribution in [2.75, 3.05) is 19.7 Å². The molecule has 0 bridgehead atoms. The Morgan fingerprint density at radius 3 is 2.62 bits per heavy atom. The van der Waals surface area contributed by atoms with Crippen LogP contribution in [0.5, 0.6) is 5.75 Å². The number of ether oxygens (including phenoxy) is 1. The molecule has 0 aliphatic carbocycles. The van der Waals surface area contributed by atoms with Crippen LogP contribution in [0.1, 0.15) is 56.0 Å². The van der Waals surface area contributed by atoms with Crippen LogP contribution in [0.15, 0.2) is 27.7 Å². The molecular weight excluding hydrogens is 538 g/mol. The molecule has 0 spiro atoms. The molecule has 1 aromatic carbocycles. The van der Waals surface area contributed by atoms with E-state index in [1.807, 2.05) is 26.8 Å². The molecule has 0 aliphatic heterocycles. The van der Waals surface area contributed by atoms with E-state index in [0.29, 0.717) is 42.7 Å². The predicted molar refractivity (Wildman–Crippen MR) is 128 cm³/mol. The molecule has 1 aromatic heterocycles. The lowest BCUT2D eigenvalue weighted by atomic mass is 10.1. The summed E-state index contributed by atoms with van der Waals surface area (Å²) in [7, 11) is 0. The summed E-state index contributed by atoms with van der Waals surface area (Å²) in [6.45, 7) is 7.87. The normalized spacial score (nSPS) is 11.9. The van der Waals surface area contributed by atoms with E-state index in [1.54, 1.807) is 19.1 Å². The summed E-state index contributed by atoms with van der Waals surface area (Å²) in [5, 5.41) is 10.3. The molecule has 2 aromatic rings. The van der Waals surface area contributed by atoms with Crippen LogP contribution in [-0.2, 0) is 13.0 Å². The molecular formula is C21H31F3IN5O2. The Labute approximate surface area is 203 Å². The molecule has 1 heterocycles. The second-order valence-electron chi connectivity index (χ2n) is 7.44. The highest BCUT2D eigenvalue weighted by Crippen LogP contribution is 2.24. The summed E-state index contributed by atoms with van der Waals surface area (Å²) >= 11 is 0. The molecule has 11 heteroatoms. The molecule has 32 heavy (non-hydrogen) atoms. The maximum Gasteiger partial charge on any atom is 0.422 e. The van der Waals surface area contributed by atoms with E-state index < -0.39 is 12.8 Å². The predicted octanol–water partition coefficient (Wildman–Crippen LogP) is 4.75. The number of guanidine groups is 1. The number of nitrogens with one attached hydrogen (secondary N) is 2. The van der Waals surface area contributed by atoms with Crippen molar-refractivity contribution in [3.8, 4) is 5.75 Å². The van der Waals surface area contributed by atoms with E-state index >= 15 is 0 Å². The quantitative estimate of drug-likeness (QED) is 0.186. The second-order valence-corrected chi connectivity index (χ2v) is 7.44. The van der Waals surface area contributed by atoms with Crippen LogP contribution >= 0.6 is 24.0 Å². The van der Waals surface area contributed by atoms with Crippen molar-refractivity contribution in [2.45, 2.75) is 59.2 Å². The Kier molecular flexibility index (Phi) is 11.8. The highest BCUT2D eigenvalue weighted by Gasteiger charge is 2.28. The van der Waals surface area contributed by atoms with Crippen LogP contribution in [0.2, 0.25) is 0 Å². The van der Waals surface area contributed by atoms with E-state index in [-0.39, 0.29) is 42.2 Å². The van der Waals surface area contributed by atoms with Crippen molar-refractivity contribution < 1.29 is 22.4 Å². The third-order valence-electron chi connectivity index (χ3n) is 4.23. The average Bonchev–Trinajstić information content (AvgIpc) is 3.17. The van der Waals surface area contributed by atoms with E-state index in [9.17, 15) is 13.2 Å². The van der Waals surface area contributed by atoms with Gasteiger partial charge in [-0.05, 0) is 31.9 Å². The standard InChI is InChI=1S/C21H30F3N5O2.HI/c1-5-25-20(26-10-6-7-18-28-19(14(2)3)29-31-18)27-12-16-9-8-15(4)11-17(16)30-13-21(22,23)24;/h8-9,11,14H,5-7,10,12-13H2,1-4H3,(H2,25,26,27);1H. The molecule has 0 fully saturated rings. The van der Waals surface area contributed by atoms with Gasteiger partial charge in [0.1, 0.15) is 5.75 Å². The SMILES string of the molecule is CCNC(=NCc1ccc(C)cc1OCC(F)(F)F)NCCCc1nc(C(C)C)no1.I. The van der Waals surface area contributed by atoms with Gasteiger partial charge >= 0.3 is 6.18 Å². The number of alkyl halides is 3. The van der Waals surface area contributed by atoms with Crippen LogP contribution in [0.4, 0.5) is 13.2 Å². The summed E-state index contributed by atoms with van der Waals surface area (Å²) in [6, 6.07) is 5.14. The van der Waals surface area contributed by atoms with Gasteiger partial charge in [-0.2, -0.15) is 18.2 Å². The fraction of sp³-hybridized carbons (Fsp3) is 0.571. The number of hydrogen-bond acceptors (Lipinski definition) is 5. The van der Waals surface area contributed by atoms with E-state index in [2.05, 4.69) is 25.8 Å². The maximum atomic E-state index is 12.5. The van der Waals surface area contributed by atoms with Gasteiger partial charge in [-0.3, -0.25) is 0 Å². The lowest BCUT2D eigenvalue weighted by Gasteiger charge is -2.14. The zero-order chi connectivity index (χ0) is 22.9. The molecule has 2 rings (SSSR count). The van der Waals surface area contributed by atoms with Crippen LogP contribution in [-0.4, -0.2) is 42.0 Å². The van der Waals surface area contributed by atoms with Gasteiger partial charge in [-0.25, -0.2) is 4.99 Å². The molecule has 0 saturated carbocycles. The third-order valence-corrected chi connectivity index (χ3v) is 4.23. The fourth-order valence-electron chi connectivity index (χ4n) is 2.64. The fourth-order valence-corrected chi connectivity index (χ4v) is 2.64. The van der Waals surface area contributed by atoms with Crippen LogP contribution in [0.25, 0.3) is 0 Å². The molecule has 7 nitrogen and oxygen atoms in total. The summed E-state index contributed by atoms with van der Waals surface area (Å²) in [4.78, 5) is 8.82. The number of nitrogens with zero attached hydrogens (tertiary/aromatic N) is 3. The molecule has 0 radical (unpaired) electrons. The van der Waals surface area contributed by atoms with E-state index in [4.69, 9.17) is 9.26 Å². The van der Waals surface area contributed by atoms with Crippen LogP contribution in [0, 0.1) is 6.92 Å². The molecule has 0 saturated heterocycles. The van der Waals surface area contributed by atoms with Gasteiger partial charge in [0.2, 0.25) is 5.89 Å². The molecule has 2 N–H and O–H groups in total. The highest BCUT2D eigenvalue weighted by atomic mass is 127. The van der Waals surface area contributed by atoms with Gasteiger partial charge < -0.3 is 19.9 Å². The molecule has 180 valence electrons. The van der Waals surface area contributed by atoms with Crippen molar-refractivity contribution in [1.82, 2.24) is 20.8 Å². The zero-order valence-electron chi connectivity index (χ0n) is 18.8. The zero-order valence-corrected chi connectivity index (χ0v) is 21.1. The maximum absolute atomic E-state index is 12.5. The van der Waals surface area contributed by atoms with Gasteiger partial charge in [0.05, 0.1) is 6.54 Å². The summed E-state index contributed by atoms with van der Waals surface area (Å²) < 4.78 is 47.8. The Morgan fingerprint density at radius 1 is 1.25 bits per heavy atom. The van der Waals surface area contributed by atoms with Gasteiger partial charge in [0.15, 0.2) is 18.4 Å². The van der Waals surface area contributed by atoms with Crippen LogP contribution < -0.4 is 15.4 Å². The lowest BCUT2D eigenvalue weighted by molar-refractivity contribution is -0.153.